The Bertz CT molecular complexity index is 647. The van der Waals surface area contributed by atoms with Crippen molar-refractivity contribution in [2.24, 2.45) is 0 Å². The number of carbonyl (C=O) groups is 1. The largest absolute Gasteiger partial charge is 0.384 e. The first-order chi connectivity index (χ1) is 9.99. The predicted octanol–water partition coefficient (Wildman–Crippen LogP) is -0.770. The van der Waals surface area contributed by atoms with Crippen LogP contribution in [0, 0.1) is 11.8 Å². The molecule has 0 unspecified atom stereocenters. The fourth-order valence-electron chi connectivity index (χ4n) is 1.35. The SMILES string of the molecule is CCCNC(=O)CNS(=O)(=O)c1cncc(C#CCO)c1. The molecule has 0 aliphatic carbocycles. The van der Waals surface area contributed by atoms with Gasteiger partial charge in [-0.05, 0) is 12.5 Å². The summed E-state index contributed by atoms with van der Waals surface area (Å²) in [7, 11) is -3.83. The van der Waals surface area contributed by atoms with E-state index in [0.29, 0.717) is 12.1 Å². The second-order valence-corrected chi connectivity index (χ2v) is 5.81. The first kappa shape index (κ1) is 17.1. The van der Waals surface area contributed by atoms with Gasteiger partial charge in [-0.2, -0.15) is 0 Å². The number of nitrogens with zero attached hydrogens (tertiary/aromatic N) is 1. The molecular weight excluding hydrogens is 294 g/mol. The maximum atomic E-state index is 12.0. The highest BCUT2D eigenvalue weighted by molar-refractivity contribution is 7.89. The highest BCUT2D eigenvalue weighted by atomic mass is 32.2. The van der Waals surface area contributed by atoms with Crippen molar-refractivity contribution in [2.45, 2.75) is 18.2 Å². The number of amides is 1. The van der Waals surface area contributed by atoms with E-state index in [-0.39, 0.29) is 18.0 Å². The van der Waals surface area contributed by atoms with Gasteiger partial charge in [0.2, 0.25) is 15.9 Å². The van der Waals surface area contributed by atoms with Crippen LogP contribution in [-0.2, 0) is 14.8 Å². The molecule has 0 bridgehead atoms. The monoisotopic (exact) mass is 311 g/mol. The summed E-state index contributed by atoms with van der Waals surface area (Å²) in [5.41, 5.74) is 0.363. The van der Waals surface area contributed by atoms with Crippen molar-refractivity contribution in [3.63, 3.8) is 0 Å². The summed E-state index contributed by atoms with van der Waals surface area (Å²) in [6.07, 6.45) is 3.32. The van der Waals surface area contributed by atoms with E-state index in [4.69, 9.17) is 5.11 Å². The second-order valence-electron chi connectivity index (χ2n) is 4.04. The van der Waals surface area contributed by atoms with Crippen LogP contribution in [0.1, 0.15) is 18.9 Å². The Hall–Kier alpha value is -1.95. The highest BCUT2D eigenvalue weighted by Gasteiger charge is 2.16. The molecule has 7 nitrogen and oxygen atoms in total. The van der Waals surface area contributed by atoms with Gasteiger partial charge in [0.1, 0.15) is 11.5 Å². The maximum absolute atomic E-state index is 12.0. The molecule has 0 radical (unpaired) electrons. The van der Waals surface area contributed by atoms with E-state index in [0.717, 1.165) is 12.6 Å². The number of carbonyl (C=O) groups excluding carboxylic acids is 1. The van der Waals surface area contributed by atoms with Crippen molar-refractivity contribution in [2.75, 3.05) is 19.7 Å². The van der Waals surface area contributed by atoms with Gasteiger partial charge in [-0.25, -0.2) is 13.1 Å². The second kappa shape index (κ2) is 8.36. The third-order valence-electron chi connectivity index (χ3n) is 2.33. The fraction of sp³-hybridized carbons (Fsp3) is 0.385. The van der Waals surface area contributed by atoms with E-state index < -0.39 is 15.9 Å². The Kier molecular flexibility index (Phi) is 6.81. The third-order valence-corrected chi connectivity index (χ3v) is 3.70. The Labute approximate surface area is 123 Å². The lowest BCUT2D eigenvalue weighted by Gasteiger charge is -2.07. The zero-order chi connectivity index (χ0) is 15.7. The Balaban J connectivity index is 2.76. The van der Waals surface area contributed by atoms with Crippen LogP contribution in [0.2, 0.25) is 0 Å². The highest BCUT2D eigenvalue weighted by Crippen LogP contribution is 2.08. The van der Waals surface area contributed by atoms with Gasteiger partial charge in [-0.1, -0.05) is 18.8 Å². The number of aromatic nitrogens is 1. The van der Waals surface area contributed by atoms with Gasteiger partial charge in [0.15, 0.2) is 0 Å². The van der Waals surface area contributed by atoms with Gasteiger partial charge in [-0.15, -0.1) is 0 Å². The Morgan fingerprint density at radius 1 is 1.43 bits per heavy atom. The van der Waals surface area contributed by atoms with E-state index in [1.807, 2.05) is 6.92 Å². The van der Waals surface area contributed by atoms with Crippen molar-refractivity contribution < 1.29 is 18.3 Å². The van der Waals surface area contributed by atoms with Crippen LogP contribution in [0.25, 0.3) is 0 Å². The molecule has 0 aliphatic rings. The van der Waals surface area contributed by atoms with Crippen LogP contribution in [-0.4, -0.2) is 44.1 Å². The molecule has 1 aromatic rings. The Morgan fingerprint density at radius 3 is 2.86 bits per heavy atom. The van der Waals surface area contributed by atoms with Crippen molar-refractivity contribution in [1.82, 2.24) is 15.0 Å². The van der Waals surface area contributed by atoms with E-state index in [1.165, 1.54) is 12.3 Å². The van der Waals surface area contributed by atoms with Gasteiger partial charge >= 0.3 is 0 Å². The summed E-state index contributed by atoms with van der Waals surface area (Å²) in [6.45, 7) is 1.73. The molecule has 21 heavy (non-hydrogen) atoms. The lowest BCUT2D eigenvalue weighted by atomic mass is 10.3. The smallest absolute Gasteiger partial charge is 0.242 e. The zero-order valence-corrected chi connectivity index (χ0v) is 12.4. The molecule has 0 saturated heterocycles. The lowest BCUT2D eigenvalue weighted by molar-refractivity contribution is -0.119. The van der Waals surface area contributed by atoms with Crippen LogP contribution < -0.4 is 10.0 Å². The standard InChI is InChI=1S/C13H17N3O4S/c1-2-5-15-13(18)10-16-21(19,20)12-7-11(4-3-6-17)8-14-9-12/h7-9,16-17H,2,5-6,10H2,1H3,(H,15,18). The Morgan fingerprint density at radius 2 is 2.19 bits per heavy atom. The molecule has 114 valence electrons. The molecule has 1 aromatic heterocycles. The fourth-order valence-corrected chi connectivity index (χ4v) is 2.32. The molecule has 8 heteroatoms. The summed E-state index contributed by atoms with van der Waals surface area (Å²) in [5, 5.41) is 11.2. The summed E-state index contributed by atoms with van der Waals surface area (Å²) in [4.78, 5) is 15.1. The number of hydrogen-bond acceptors (Lipinski definition) is 5. The summed E-state index contributed by atoms with van der Waals surface area (Å²) >= 11 is 0. The van der Waals surface area contributed by atoms with Gasteiger partial charge < -0.3 is 10.4 Å². The first-order valence-corrected chi connectivity index (χ1v) is 7.79. The zero-order valence-electron chi connectivity index (χ0n) is 11.6. The molecule has 0 atom stereocenters. The van der Waals surface area contributed by atoms with E-state index in [2.05, 4.69) is 26.9 Å². The van der Waals surface area contributed by atoms with Crippen LogP contribution in [0.3, 0.4) is 0 Å². The van der Waals surface area contributed by atoms with Crippen LogP contribution in [0.15, 0.2) is 23.4 Å². The number of aliphatic hydroxyl groups excluding tert-OH is 1. The van der Waals surface area contributed by atoms with Crippen molar-refractivity contribution in [3.8, 4) is 11.8 Å². The average molecular weight is 311 g/mol. The van der Waals surface area contributed by atoms with Gasteiger partial charge in [-0.3, -0.25) is 9.78 Å². The van der Waals surface area contributed by atoms with Crippen molar-refractivity contribution >= 4 is 15.9 Å². The minimum Gasteiger partial charge on any atom is -0.384 e. The van der Waals surface area contributed by atoms with Crippen LogP contribution in [0.5, 0.6) is 0 Å². The molecular formula is C13H17N3O4S. The number of pyridine rings is 1. The first-order valence-electron chi connectivity index (χ1n) is 6.30. The predicted molar refractivity (Wildman–Crippen MR) is 76.7 cm³/mol. The average Bonchev–Trinajstić information content (AvgIpc) is 2.49. The van der Waals surface area contributed by atoms with Gasteiger partial charge in [0, 0.05) is 24.5 Å². The maximum Gasteiger partial charge on any atom is 0.242 e. The number of rotatable bonds is 6. The molecule has 3 N–H and O–H groups in total. The molecule has 1 amide bonds. The lowest BCUT2D eigenvalue weighted by Crippen LogP contribution is -2.37. The molecule has 1 rings (SSSR count). The molecule has 0 aliphatic heterocycles. The topological polar surface area (TPSA) is 108 Å². The molecule has 0 saturated carbocycles. The quantitative estimate of drug-likeness (QED) is 0.598. The number of hydrogen-bond donors (Lipinski definition) is 3. The van der Waals surface area contributed by atoms with Crippen LogP contribution in [0.4, 0.5) is 0 Å². The van der Waals surface area contributed by atoms with Gasteiger partial charge in [0.05, 0.1) is 6.54 Å². The normalized spacial score (nSPS) is 10.6. The van der Waals surface area contributed by atoms with E-state index in [9.17, 15) is 13.2 Å². The third kappa shape index (κ3) is 5.91. The summed E-state index contributed by atoms with van der Waals surface area (Å²) in [5.74, 6) is 4.57. The van der Waals surface area contributed by atoms with Crippen molar-refractivity contribution in [3.05, 3.63) is 24.0 Å². The van der Waals surface area contributed by atoms with E-state index in [1.54, 1.807) is 0 Å². The van der Waals surface area contributed by atoms with E-state index >= 15 is 0 Å². The molecule has 0 fully saturated rings. The van der Waals surface area contributed by atoms with Gasteiger partial charge in [0.25, 0.3) is 0 Å². The number of sulfonamides is 1. The molecule has 0 aromatic carbocycles. The molecule has 1 heterocycles. The summed E-state index contributed by atoms with van der Waals surface area (Å²) < 4.78 is 26.2. The minimum atomic E-state index is -3.83. The minimum absolute atomic E-state index is 0.0875. The van der Waals surface area contributed by atoms with Crippen molar-refractivity contribution in [1.29, 1.82) is 0 Å². The molecule has 0 spiro atoms. The number of nitrogens with one attached hydrogen (secondary N) is 2. The number of aliphatic hydroxyl groups is 1. The summed E-state index contributed by atoms with van der Waals surface area (Å²) in [6, 6.07) is 1.32. The van der Waals surface area contributed by atoms with Crippen LogP contribution >= 0.6 is 0 Å².